The molecule has 0 spiro atoms. The zero-order valence-corrected chi connectivity index (χ0v) is 10.8. The molecule has 1 amide bonds. The van der Waals surface area contributed by atoms with Crippen LogP contribution in [0.15, 0.2) is 18.3 Å². The molecule has 2 N–H and O–H groups in total. The Balaban J connectivity index is 2.65. The maximum atomic E-state index is 11.8. The van der Waals surface area contributed by atoms with E-state index in [1.165, 1.54) is 25.3 Å². The number of carboxylic acids is 1. The topological polar surface area (TPSA) is 97.8 Å². The van der Waals surface area contributed by atoms with Gasteiger partial charge in [0.1, 0.15) is 12.6 Å². The van der Waals surface area contributed by atoms with Crippen LogP contribution in [0, 0.1) is 0 Å². The molecule has 0 saturated heterocycles. The second kappa shape index (κ2) is 7.32. The summed E-state index contributed by atoms with van der Waals surface area (Å²) in [5, 5.41) is 11.1. The maximum absolute atomic E-state index is 11.8. The van der Waals surface area contributed by atoms with E-state index in [0.717, 1.165) is 0 Å². The summed E-state index contributed by atoms with van der Waals surface area (Å²) in [6.07, 6.45) is 1.42. The minimum Gasteiger partial charge on any atom is -0.480 e. The van der Waals surface area contributed by atoms with Gasteiger partial charge in [-0.1, -0.05) is 0 Å². The molecule has 0 bridgehead atoms. The van der Waals surface area contributed by atoms with Gasteiger partial charge in [-0.2, -0.15) is 0 Å². The zero-order chi connectivity index (χ0) is 14.3. The summed E-state index contributed by atoms with van der Waals surface area (Å²) < 4.78 is 10.1. The van der Waals surface area contributed by atoms with Crippen molar-refractivity contribution in [3.05, 3.63) is 23.9 Å². The van der Waals surface area contributed by atoms with Gasteiger partial charge in [0.2, 0.25) is 5.88 Å². The number of aromatic nitrogens is 1. The van der Waals surface area contributed by atoms with Gasteiger partial charge in [0.15, 0.2) is 0 Å². The first-order chi connectivity index (χ1) is 9.04. The van der Waals surface area contributed by atoms with E-state index in [-0.39, 0.29) is 11.4 Å². The van der Waals surface area contributed by atoms with Gasteiger partial charge in [-0.3, -0.25) is 9.59 Å². The van der Waals surface area contributed by atoms with Crippen LogP contribution in [-0.2, 0) is 9.53 Å². The first-order valence-electron chi connectivity index (χ1n) is 5.66. The van der Waals surface area contributed by atoms with Crippen molar-refractivity contribution in [2.75, 3.05) is 20.3 Å². The molecule has 7 heteroatoms. The Labute approximate surface area is 110 Å². The van der Waals surface area contributed by atoms with Crippen molar-refractivity contribution in [3.8, 4) is 5.88 Å². The fourth-order valence-corrected chi connectivity index (χ4v) is 1.20. The number of nitrogens with one attached hydrogen (secondary N) is 1. The largest absolute Gasteiger partial charge is 0.480 e. The van der Waals surface area contributed by atoms with Gasteiger partial charge in [0.05, 0.1) is 6.61 Å². The Morgan fingerprint density at radius 3 is 2.84 bits per heavy atom. The molecular weight excluding hydrogens is 252 g/mol. The van der Waals surface area contributed by atoms with Crippen molar-refractivity contribution in [3.63, 3.8) is 0 Å². The Kier molecular flexibility index (Phi) is 5.74. The lowest BCUT2D eigenvalue weighted by molar-refractivity contribution is -0.138. The number of amides is 1. The summed E-state index contributed by atoms with van der Waals surface area (Å²) in [7, 11) is 1.55. The molecule has 0 saturated carbocycles. The molecule has 1 aromatic rings. The van der Waals surface area contributed by atoms with Crippen molar-refractivity contribution < 1.29 is 24.2 Å². The van der Waals surface area contributed by atoms with Gasteiger partial charge in [-0.05, 0) is 13.0 Å². The molecule has 0 aromatic carbocycles. The molecule has 1 heterocycles. The van der Waals surface area contributed by atoms with E-state index in [2.05, 4.69) is 10.3 Å². The van der Waals surface area contributed by atoms with Gasteiger partial charge in [-0.25, -0.2) is 4.98 Å². The number of carboxylic acid groups (broad SMARTS) is 1. The highest BCUT2D eigenvalue weighted by atomic mass is 16.5. The minimum absolute atomic E-state index is 0.285. The van der Waals surface area contributed by atoms with E-state index >= 15 is 0 Å². The van der Waals surface area contributed by atoms with Crippen molar-refractivity contribution in [2.24, 2.45) is 0 Å². The molecule has 0 fully saturated rings. The number of methoxy groups -OCH3 is 1. The van der Waals surface area contributed by atoms with Gasteiger partial charge < -0.3 is 19.9 Å². The van der Waals surface area contributed by atoms with Crippen molar-refractivity contribution in [1.82, 2.24) is 10.3 Å². The van der Waals surface area contributed by atoms with Crippen LogP contribution in [0.2, 0.25) is 0 Å². The summed E-state index contributed by atoms with van der Waals surface area (Å²) in [5.74, 6) is -1.31. The predicted molar refractivity (Wildman–Crippen MR) is 66.2 cm³/mol. The van der Waals surface area contributed by atoms with E-state index in [9.17, 15) is 9.59 Å². The van der Waals surface area contributed by atoms with E-state index < -0.39 is 17.9 Å². The molecule has 19 heavy (non-hydrogen) atoms. The van der Waals surface area contributed by atoms with Crippen molar-refractivity contribution in [2.45, 2.75) is 13.0 Å². The molecule has 7 nitrogen and oxygen atoms in total. The average Bonchev–Trinajstić information content (AvgIpc) is 2.39. The van der Waals surface area contributed by atoms with E-state index in [0.29, 0.717) is 13.2 Å². The van der Waals surface area contributed by atoms with Gasteiger partial charge in [0.25, 0.3) is 5.91 Å². The highest BCUT2D eigenvalue weighted by molar-refractivity contribution is 5.96. The molecule has 0 aliphatic carbocycles. The molecule has 0 aliphatic rings. The lowest BCUT2D eigenvalue weighted by atomic mass is 10.2. The van der Waals surface area contributed by atoms with Gasteiger partial charge >= 0.3 is 5.97 Å². The van der Waals surface area contributed by atoms with Crippen LogP contribution >= 0.6 is 0 Å². The van der Waals surface area contributed by atoms with Crippen LogP contribution in [0.4, 0.5) is 0 Å². The Bertz CT molecular complexity index is 450. The number of rotatable bonds is 7. The van der Waals surface area contributed by atoms with Crippen LogP contribution in [0.1, 0.15) is 17.3 Å². The third-order valence-corrected chi connectivity index (χ3v) is 2.25. The summed E-state index contributed by atoms with van der Waals surface area (Å²) >= 11 is 0. The van der Waals surface area contributed by atoms with E-state index in [4.69, 9.17) is 14.6 Å². The second-order valence-corrected chi connectivity index (χ2v) is 3.76. The maximum Gasteiger partial charge on any atom is 0.325 e. The van der Waals surface area contributed by atoms with Gasteiger partial charge in [-0.15, -0.1) is 0 Å². The number of carbonyl (C=O) groups is 2. The standard InChI is InChI=1S/C12H16N2O5/c1-8(12(16)17)14-11(15)9-3-4-13-10(7-9)19-6-5-18-2/h3-4,7-8H,5-6H2,1-2H3,(H,14,15)(H,16,17)/t8-/m0/s1. The summed E-state index contributed by atoms with van der Waals surface area (Å²) in [4.78, 5) is 26.3. The molecule has 0 radical (unpaired) electrons. The highest BCUT2D eigenvalue weighted by Gasteiger charge is 2.15. The second-order valence-electron chi connectivity index (χ2n) is 3.76. The van der Waals surface area contributed by atoms with Gasteiger partial charge in [0, 0.05) is 24.9 Å². The zero-order valence-electron chi connectivity index (χ0n) is 10.8. The smallest absolute Gasteiger partial charge is 0.325 e. The Morgan fingerprint density at radius 2 is 2.21 bits per heavy atom. The quantitative estimate of drug-likeness (QED) is 0.691. The number of hydrogen-bond donors (Lipinski definition) is 2. The molecule has 1 atom stereocenters. The van der Waals surface area contributed by atoms with Crippen LogP contribution in [-0.4, -0.2) is 48.3 Å². The van der Waals surface area contributed by atoms with Crippen LogP contribution in [0.5, 0.6) is 5.88 Å². The van der Waals surface area contributed by atoms with Crippen molar-refractivity contribution in [1.29, 1.82) is 0 Å². The third-order valence-electron chi connectivity index (χ3n) is 2.25. The molecule has 104 valence electrons. The highest BCUT2D eigenvalue weighted by Crippen LogP contribution is 2.09. The molecule has 1 rings (SSSR count). The first-order valence-corrected chi connectivity index (χ1v) is 5.66. The number of ether oxygens (including phenoxy) is 2. The van der Waals surface area contributed by atoms with Crippen molar-refractivity contribution >= 4 is 11.9 Å². The van der Waals surface area contributed by atoms with Crippen LogP contribution in [0.3, 0.4) is 0 Å². The number of carbonyl (C=O) groups excluding carboxylic acids is 1. The first kappa shape index (κ1) is 14.9. The number of pyridine rings is 1. The third kappa shape index (κ3) is 4.92. The number of hydrogen-bond acceptors (Lipinski definition) is 5. The Hall–Kier alpha value is -2.15. The molecule has 1 aromatic heterocycles. The Morgan fingerprint density at radius 1 is 1.47 bits per heavy atom. The minimum atomic E-state index is -1.10. The fourth-order valence-electron chi connectivity index (χ4n) is 1.20. The summed E-state index contributed by atoms with van der Waals surface area (Å²) in [6.45, 7) is 2.12. The SMILES string of the molecule is COCCOc1cc(C(=O)N[C@@H](C)C(=O)O)ccn1. The molecule has 0 unspecified atom stereocenters. The van der Waals surface area contributed by atoms with Crippen LogP contribution < -0.4 is 10.1 Å². The van der Waals surface area contributed by atoms with E-state index in [1.807, 2.05) is 0 Å². The lowest BCUT2D eigenvalue weighted by Gasteiger charge is -2.10. The van der Waals surface area contributed by atoms with E-state index in [1.54, 1.807) is 7.11 Å². The number of nitrogens with zero attached hydrogens (tertiary/aromatic N) is 1. The number of aliphatic carboxylic acids is 1. The molecule has 0 aliphatic heterocycles. The summed E-state index contributed by atoms with van der Waals surface area (Å²) in [6, 6.07) is 1.96. The normalized spacial score (nSPS) is 11.7. The monoisotopic (exact) mass is 268 g/mol. The van der Waals surface area contributed by atoms with Crippen LogP contribution in [0.25, 0.3) is 0 Å². The average molecular weight is 268 g/mol. The predicted octanol–water partition coefficient (Wildman–Crippen LogP) is 0.310. The molecular formula is C12H16N2O5. The lowest BCUT2D eigenvalue weighted by Crippen LogP contribution is -2.38. The summed E-state index contributed by atoms with van der Waals surface area (Å²) in [5.41, 5.74) is 0.288. The fraction of sp³-hybridized carbons (Fsp3) is 0.417.